The number of methoxy groups -OCH3 is 1. The highest BCUT2D eigenvalue weighted by Crippen LogP contribution is 2.13. The number of carbonyl (C=O) groups excluding carboxylic acids is 2. The molecule has 1 unspecified atom stereocenters. The molecule has 1 atom stereocenters. The summed E-state index contributed by atoms with van der Waals surface area (Å²) in [5.41, 5.74) is 6.32. The Morgan fingerprint density at radius 2 is 1.83 bits per heavy atom. The number of primary amides is 1. The normalized spacial score (nSPS) is 16.2. The molecule has 2 N–H and O–H groups in total. The Morgan fingerprint density at radius 1 is 1.25 bits per heavy atom. The molecule has 1 aliphatic rings. The summed E-state index contributed by atoms with van der Waals surface area (Å²) in [5.74, 6) is 0.150. The zero-order chi connectivity index (χ0) is 18.3. The highest BCUT2D eigenvalue weighted by atomic mass is 16.6. The second-order valence-electron chi connectivity index (χ2n) is 6.18. The molecule has 7 heteroatoms. The van der Waals surface area contributed by atoms with Crippen LogP contribution < -0.4 is 5.73 Å². The minimum Gasteiger partial charge on any atom is -0.475 e. The largest absolute Gasteiger partial charge is 0.475 e. The van der Waals surface area contributed by atoms with E-state index in [9.17, 15) is 9.59 Å². The molecule has 0 fully saturated rings. The van der Waals surface area contributed by atoms with Crippen LogP contribution in [0.4, 0.5) is 4.79 Å². The van der Waals surface area contributed by atoms with Gasteiger partial charge < -0.3 is 19.9 Å². The van der Waals surface area contributed by atoms with Gasteiger partial charge in [-0.15, -0.1) is 0 Å². The molecular formula is C17H24N2O5. The molecule has 0 saturated carbocycles. The lowest BCUT2D eigenvalue weighted by molar-refractivity contribution is -0.142. The minimum atomic E-state index is -0.725. The molecule has 0 radical (unpaired) electrons. The standard InChI is InChI=1S/C12H13NO3.C5H11NO2/c1-8-3-5-9(6-4-8)11-13-10(7-16-11)12(14)15-2;1-5(2,3)8-4(6)7/h3-6,10H,7H2,1-2H3;1-3H3,(H2,6,7). The molecule has 132 valence electrons. The number of hydrogen-bond donors (Lipinski definition) is 1. The lowest BCUT2D eigenvalue weighted by Gasteiger charge is -2.16. The van der Waals surface area contributed by atoms with Gasteiger partial charge in [0.2, 0.25) is 5.90 Å². The summed E-state index contributed by atoms with van der Waals surface area (Å²) in [5, 5.41) is 0. The number of nitrogens with two attached hydrogens (primary N) is 1. The van der Waals surface area contributed by atoms with Crippen molar-refractivity contribution in [2.24, 2.45) is 10.7 Å². The van der Waals surface area contributed by atoms with Gasteiger partial charge >= 0.3 is 12.1 Å². The molecule has 1 aliphatic heterocycles. The van der Waals surface area contributed by atoms with Crippen LogP contribution in [0.15, 0.2) is 29.3 Å². The lowest BCUT2D eigenvalue weighted by atomic mass is 10.1. The monoisotopic (exact) mass is 336 g/mol. The third kappa shape index (κ3) is 6.68. The van der Waals surface area contributed by atoms with Crippen LogP contribution in [0.25, 0.3) is 0 Å². The summed E-state index contributed by atoms with van der Waals surface area (Å²) in [7, 11) is 1.35. The highest BCUT2D eigenvalue weighted by molar-refractivity contribution is 5.97. The van der Waals surface area contributed by atoms with E-state index in [0.717, 1.165) is 5.56 Å². The smallest absolute Gasteiger partial charge is 0.405 e. The van der Waals surface area contributed by atoms with E-state index in [4.69, 9.17) is 10.5 Å². The Labute approximate surface area is 141 Å². The van der Waals surface area contributed by atoms with E-state index in [1.54, 1.807) is 20.8 Å². The van der Waals surface area contributed by atoms with E-state index in [2.05, 4.69) is 14.5 Å². The molecule has 0 aliphatic carbocycles. The van der Waals surface area contributed by atoms with Gasteiger partial charge in [-0.2, -0.15) is 0 Å². The average Bonchev–Trinajstić information content (AvgIpc) is 2.95. The van der Waals surface area contributed by atoms with E-state index in [-0.39, 0.29) is 12.6 Å². The van der Waals surface area contributed by atoms with Crippen molar-refractivity contribution in [3.8, 4) is 0 Å². The van der Waals surface area contributed by atoms with Gasteiger partial charge in [0.05, 0.1) is 7.11 Å². The van der Waals surface area contributed by atoms with Gasteiger partial charge in [0, 0.05) is 5.56 Å². The number of amides is 1. The fourth-order valence-electron chi connectivity index (χ4n) is 1.79. The number of aliphatic imine (C=N–C) groups is 1. The third-order valence-electron chi connectivity index (χ3n) is 2.83. The first-order chi connectivity index (χ1) is 11.1. The number of rotatable bonds is 2. The maximum atomic E-state index is 11.2. The Morgan fingerprint density at radius 3 is 2.25 bits per heavy atom. The first-order valence-electron chi connectivity index (χ1n) is 7.46. The van der Waals surface area contributed by atoms with Crippen molar-refractivity contribution in [2.75, 3.05) is 13.7 Å². The number of carbonyl (C=O) groups is 2. The van der Waals surface area contributed by atoms with Gasteiger partial charge in [0.15, 0.2) is 6.04 Å². The zero-order valence-corrected chi connectivity index (χ0v) is 14.7. The number of hydrogen-bond acceptors (Lipinski definition) is 6. The average molecular weight is 336 g/mol. The molecule has 1 aromatic carbocycles. The molecular weight excluding hydrogens is 312 g/mol. The fraction of sp³-hybridized carbons (Fsp3) is 0.471. The highest BCUT2D eigenvalue weighted by Gasteiger charge is 2.27. The van der Waals surface area contributed by atoms with Crippen molar-refractivity contribution in [1.29, 1.82) is 0 Å². The van der Waals surface area contributed by atoms with Crippen LogP contribution in [0.1, 0.15) is 31.9 Å². The maximum Gasteiger partial charge on any atom is 0.405 e. The molecule has 1 amide bonds. The second-order valence-corrected chi connectivity index (χ2v) is 6.18. The van der Waals surface area contributed by atoms with Gasteiger partial charge in [0.1, 0.15) is 12.2 Å². The number of esters is 1. The number of aryl methyl sites for hydroxylation is 1. The molecule has 1 aromatic rings. The topological polar surface area (TPSA) is 100 Å². The van der Waals surface area contributed by atoms with Gasteiger partial charge in [-0.3, -0.25) is 0 Å². The Balaban J connectivity index is 0.000000307. The van der Waals surface area contributed by atoms with E-state index in [1.165, 1.54) is 12.7 Å². The summed E-state index contributed by atoms with van der Waals surface area (Å²) < 4.78 is 14.6. The first-order valence-corrected chi connectivity index (χ1v) is 7.46. The van der Waals surface area contributed by atoms with Crippen LogP contribution in [0.3, 0.4) is 0 Å². The van der Waals surface area contributed by atoms with E-state index in [0.29, 0.717) is 5.90 Å². The summed E-state index contributed by atoms with van der Waals surface area (Å²) in [4.78, 5) is 25.4. The summed E-state index contributed by atoms with van der Waals surface area (Å²) in [6.45, 7) is 7.56. The molecule has 0 aromatic heterocycles. The van der Waals surface area contributed by atoms with Crippen LogP contribution in [-0.2, 0) is 19.0 Å². The predicted molar refractivity (Wildman–Crippen MR) is 89.9 cm³/mol. The Kier molecular flexibility index (Phi) is 6.76. The molecule has 0 bridgehead atoms. The van der Waals surface area contributed by atoms with Gasteiger partial charge in [-0.25, -0.2) is 14.6 Å². The van der Waals surface area contributed by atoms with Gasteiger partial charge in [-0.05, 0) is 39.8 Å². The predicted octanol–water partition coefficient (Wildman–Crippen LogP) is 2.19. The fourth-order valence-corrected chi connectivity index (χ4v) is 1.79. The SMILES string of the molecule is CC(C)(C)OC(N)=O.COC(=O)C1COC(c2ccc(C)cc2)=N1. The van der Waals surface area contributed by atoms with Crippen molar-refractivity contribution in [1.82, 2.24) is 0 Å². The number of benzene rings is 1. The summed E-state index contributed by atoms with van der Waals surface area (Å²) >= 11 is 0. The second kappa shape index (κ2) is 8.33. The van der Waals surface area contributed by atoms with Crippen LogP contribution in [-0.4, -0.2) is 43.3 Å². The minimum absolute atomic E-state index is 0.260. The quantitative estimate of drug-likeness (QED) is 0.834. The van der Waals surface area contributed by atoms with E-state index in [1.807, 2.05) is 31.2 Å². The molecule has 2 rings (SSSR count). The molecule has 0 spiro atoms. The van der Waals surface area contributed by atoms with Crippen LogP contribution in [0.5, 0.6) is 0 Å². The third-order valence-corrected chi connectivity index (χ3v) is 2.83. The molecule has 24 heavy (non-hydrogen) atoms. The van der Waals surface area contributed by atoms with Crippen molar-refractivity contribution in [3.05, 3.63) is 35.4 Å². The maximum absolute atomic E-state index is 11.2. The molecule has 7 nitrogen and oxygen atoms in total. The van der Waals surface area contributed by atoms with E-state index >= 15 is 0 Å². The van der Waals surface area contributed by atoms with Crippen molar-refractivity contribution in [3.63, 3.8) is 0 Å². The van der Waals surface area contributed by atoms with Crippen molar-refractivity contribution < 1.29 is 23.8 Å². The zero-order valence-electron chi connectivity index (χ0n) is 14.7. The first kappa shape index (κ1) is 19.5. The van der Waals surface area contributed by atoms with E-state index < -0.39 is 17.7 Å². The lowest BCUT2D eigenvalue weighted by Crippen LogP contribution is -2.27. The summed E-state index contributed by atoms with van der Waals surface area (Å²) in [6.07, 6.45) is -0.725. The van der Waals surface area contributed by atoms with Crippen molar-refractivity contribution in [2.45, 2.75) is 39.3 Å². The van der Waals surface area contributed by atoms with Crippen LogP contribution >= 0.6 is 0 Å². The van der Waals surface area contributed by atoms with Crippen LogP contribution in [0.2, 0.25) is 0 Å². The Hall–Kier alpha value is -2.57. The Bertz CT molecular complexity index is 602. The molecule has 0 saturated heterocycles. The number of nitrogens with zero attached hydrogens (tertiary/aromatic N) is 1. The molecule has 1 heterocycles. The van der Waals surface area contributed by atoms with Gasteiger partial charge in [-0.1, -0.05) is 17.7 Å². The van der Waals surface area contributed by atoms with Crippen molar-refractivity contribution >= 4 is 18.0 Å². The number of ether oxygens (including phenoxy) is 3. The van der Waals surface area contributed by atoms with Gasteiger partial charge in [0.25, 0.3) is 0 Å². The summed E-state index contributed by atoms with van der Waals surface area (Å²) in [6, 6.07) is 7.28. The van der Waals surface area contributed by atoms with Crippen LogP contribution in [0, 0.1) is 6.92 Å².